The summed E-state index contributed by atoms with van der Waals surface area (Å²) >= 11 is 0. The molecule has 4 heteroatoms. The van der Waals surface area contributed by atoms with Gasteiger partial charge in [-0.25, -0.2) is 0 Å². The fourth-order valence-corrected chi connectivity index (χ4v) is 0.246. The second-order valence-corrected chi connectivity index (χ2v) is 2.64. The molecule has 0 atom stereocenters. The highest BCUT2D eigenvalue weighted by atomic mass is 16.2. The van der Waals surface area contributed by atoms with Gasteiger partial charge in [0.1, 0.15) is 0 Å². The van der Waals surface area contributed by atoms with E-state index >= 15 is 0 Å². The zero-order valence-electron chi connectivity index (χ0n) is 7.59. The third-order valence-electron chi connectivity index (χ3n) is 0.618. The Morgan fingerprint density at radius 3 is 1.33 bits per heavy atom. The number of hydrogen-bond acceptors (Lipinski definition) is 2. The summed E-state index contributed by atoms with van der Waals surface area (Å²) in [6.45, 7) is 7.50. The number of rotatable bonds is 3. The molecule has 0 aromatic rings. The van der Waals surface area contributed by atoms with Crippen LogP contribution in [0.4, 0.5) is 0 Å². The number of nitrogens with two attached hydrogens (primary N) is 2. The number of carbonyl (C=O) groups is 2. The summed E-state index contributed by atoms with van der Waals surface area (Å²) in [5.41, 5.74) is 10.6. The molecular formula is C8H16N2O2. The molecule has 0 aliphatic carbocycles. The minimum Gasteiger partial charge on any atom is -0.370 e. The second-order valence-electron chi connectivity index (χ2n) is 2.64. The SMILES string of the molecule is C=C(C)C.NC(=O)CCC(N)=O. The average Bonchev–Trinajstić information content (AvgIpc) is 1.82. The largest absolute Gasteiger partial charge is 0.370 e. The fraction of sp³-hybridized carbons (Fsp3) is 0.500. The molecule has 4 nitrogen and oxygen atoms in total. The second kappa shape index (κ2) is 7.78. The van der Waals surface area contributed by atoms with E-state index in [0.717, 1.165) is 0 Å². The molecule has 0 spiro atoms. The normalized spacial score (nSPS) is 7.83. The van der Waals surface area contributed by atoms with Crippen LogP contribution < -0.4 is 11.5 Å². The Bertz CT molecular complexity index is 158. The molecule has 2 amide bonds. The molecule has 0 unspecified atom stereocenters. The quantitative estimate of drug-likeness (QED) is 0.600. The number of primary amides is 2. The molecule has 0 radical (unpaired) electrons. The number of allylic oxidation sites excluding steroid dienone is 1. The van der Waals surface area contributed by atoms with E-state index in [2.05, 4.69) is 6.58 Å². The first-order chi connectivity index (χ1) is 5.36. The highest BCUT2D eigenvalue weighted by Crippen LogP contribution is 1.82. The third-order valence-corrected chi connectivity index (χ3v) is 0.618. The van der Waals surface area contributed by atoms with Crippen molar-refractivity contribution in [3.05, 3.63) is 12.2 Å². The molecule has 12 heavy (non-hydrogen) atoms. The highest BCUT2D eigenvalue weighted by Gasteiger charge is 1.96. The van der Waals surface area contributed by atoms with Crippen molar-refractivity contribution in [1.29, 1.82) is 0 Å². The van der Waals surface area contributed by atoms with Gasteiger partial charge in [0.25, 0.3) is 0 Å². The maximum absolute atomic E-state index is 9.92. The minimum absolute atomic E-state index is 0.0509. The Kier molecular flexibility index (Phi) is 8.62. The van der Waals surface area contributed by atoms with Crippen LogP contribution in [0, 0.1) is 0 Å². The molecular weight excluding hydrogens is 156 g/mol. The lowest BCUT2D eigenvalue weighted by Gasteiger charge is -1.87. The van der Waals surface area contributed by atoms with E-state index < -0.39 is 11.8 Å². The molecule has 0 saturated carbocycles. The van der Waals surface area contributed by atoms with Crippen molar-refractivity contribution < 1.29 is 9.59 Å². The van der Waals surface area contributed by atoms with Crippen LogP contribution in [0.2, 0.25) is 0 Å². The zero-order valence-corrected chi connectivity index (χ0v) is 7.59. The monoisotopic (exact) mass is 172 g/mol. The first kappa shape index (κ1) is 13.3. The van der Waals surface area contributed by atoms with Crippen LogP contribution in [0.15, 0.2) is 12.2 Å². The molecule has 0 saturated heterocycles. The van der Waals surface area contributed by atoms with E-state index in [1.807, 2.05) is 13.8 Å². The van der Waals surface area contributed by atoms with Crippen molar-refractivity contribution in [3.8, 4) is 0 Å². The van der Waals surface area contributed by atoms with Crippen molar-refractivity contribution in [3.63, 3.8) is 0 Å². The lowest BCUT2D eigenvalue weighted by atomic mass is 10.3. The maximum Gasteiger partial charge on any atom is 0.217 e. The van der Waals surface area contributed by atoms with Gasteiger partial charge in [-0.05, 0) is 13.8 Å². The Morgan fingerprint density at radius 2 is 1.25 bits per heavy atom. The van der Waals surface area contributed by atoms with Crippen molar-refractivity contribution in [1.82, 2.24) is 0 Å². The molecule has 0 aromatic carbocycles. The molecule has 0 rings (SSSR count). The van der Waals surface area contributed by atoms with Crippen LogP contribution >= 0.6 is 0 Å². The number of amides is 2. The summed E-state index contributed by atoms with van der Waals surface area (Å²) in [7, 11) is 0. The summed E-state index contributed by atoms with van der Waals surface area (Å²) in [6, 6.07) is 0. The van der Waals surface area contributed by atoms with Crippen LogP contribution in [0.1, 0.15) is 26.7 Å². The summed E-state index contributed by atoms with van der Waals surface area (Å²) in [4.78, 5) is 19.8. The smallest absolute Gasteiger partial charge is 0.217 e. The van der Waals surface area contributed by atoms with Gasteiger partial charge in [0.15, 0.2) is 0 Å². The van der Waals surface area contributed by atoms with Crippen LogP contribution in [0.3, 0.4) is 0 Å². The lowest BCUT2D eigenvalue weighted by Crippen LogP contribution is -2.16. The predicted octanol–water partition coefficient (Wildman–Crippen LogP) is 0.320. The van der Waals surface area contributed by atoms with Gasteiger partial charge in [-0.2, -0.15) is 0 Å². The van der Waals surface area contributed by atoms with Crippen molar-refractivity contribution >= 4 is 11.8 Å². The Labute approximate surface area is 72.6 Å². The zero-order chi connectivity index (χ0) is 10.1. The molecule has 70 valence electrons. The van der Waals surface area contributed by atoms with Gasteiger partial charge in [-0.1, -0.05) is 5.57 Å². The first-order valence-electron chi connectivity index (χ1n) is 3.55. The van der Waals surface area contributed by atoms with Crippen LogP contribution in [0.5, 0.6) is 0 Å². The standard InChI is InChI=1S/C4H8N2O2.C4H8/c5-3(7)1-2-4(6)8;1-4(2)3/h1-2H2,(H2,5,7)(H2,6,8);1H2,2-3H3. The Balaban J connectivity index is 0. The van der Waals surface area contributed by atoms with E-state index in [9.17, 15) is 9.59 Å². The maximum atomic E-state index is 9.92. The average molecular weight is 172 g/mol. The van der Waals surface area contributed by atoms with Crippen molar-refractivity contribution in [2.45, 2.75) is 26.7 Å². The van der Waals surface area contributed by atoms with E-state index in [1.54, 1.807) is 0 Å². The predicted molar refractivity (Wildman–Crippen MR) is 48.1 cm³/mol. The van der Waals surface area contributed by atoms with Crippen LogP contribution in [-0.4, -0.2) is 11.8 Å². The summed E-state index contributed by atoms with van der Waals surface area (Å²) in [6.07, 6.45) is 0.102. The molecule has 0 aliphatic heterocycles. The molecule has 0 aliphatic rings. The van der Waals surface area contributed by atoms with Gasteiger partial charge in [-0.3, -0.25) is 9.59 Å². The third kappa shape index (κ3) is 37.8. The van der Waals surface area contributed by atoms with Crippen LogP contribution in [0.25, 0.3) is 0 Å². The molecule has 4 N–H and O–H groups in total. The van der Waals surface area contributed by atoms with E-state index in [4.69, 9.17) is 11.5 Å². The number of hydrogen-bond donors (Lipinski definition) is 2. The van der Waals surface area contributed by atoms with Gasteiger partial charge in [0.2, 0.25) is 11.8 Å². The summed E-state index contributed by atoms with van der Waals surface area (Å²) < 4.78 is 0. The summed E-state index contributed by atoms with van der Waals surface area (Å²) in [5, 5.41) is 0. The highest BCUT2D eigenvalue weighted by molar-refractivity contribution is 5.81. The van der Waals surface area contributed by atoms with Crippen molar-refractivity contribution in [2.24, 2.45) is 11.5 Å². The Morgan fingerprint density at radius 1 is 1.08 bits per heavy atom. The van der Waals surface area contributed by atoms with Gasteiger partial charge in [0.05, 0.1) is 0 Å². The fourth-order valence-electron chi connectivity index (χ4n) is 0.246. The molecule has 0 aromatic heterocycles. The molecule has 0 bridgehead atoms. The van der Waals surface area contributed by atoms with Gasteiger partial charge >= 0.3 is 0 Å². The van der Waals surface area contributed by atoms with Crippen LogP contribution in [-0.2, 0) is 9.59 Å². The molecule has 0 heterocycles. The molecule has 0 fully saturated rings. The minimum atomic E-state index is -0.496. The van der Waals surface area contributed by atoms with Gasteiger partial charge < -0.3 is 11.5 Å². The topological polar surface area (TPSA) is 86.2 Å². The Hall–Kier alpha value is -1.32. The van der Waals surface area contributed by atoms with E-state index in [0.29, 0.717) is 0 Å². The van der Waals surface area contributed by atoms with Gasteiger partial charge in [-0.15, -0.1) is 6.58 Å². The number of carbonyl (C=O) groups excluding carboxylic acids is 2. The van der Waals surface area contributed by atoms with Gasteiger partial charge in [0, 0.05) is 12.8 Å². The first-order valence-corrected chi connectivity index (χ1v) is 3.55. The van der Waals surface area contributed by atoms with E-state index in [-0.39, 0.29) is 12.8 Å². The van der Waals surface area contributed by atoms with E-state index in [1.165, 1.54) is 5.57 Å². The summed E-state index contributed by atoms with van der Waals surface area (Å²) in [5.74, 6) is -0.993. The van der Waals surface area contributed by atoms with Crippen molar-refractivity contribution in [2.75, 3.05) is 0 Å². The lowest BCUT2D eigenvalue weighted by molar-refractivity contribution is -0.123.